The monoisotopic (exact) mass is 368 g/mol. The molecule has 1 atom stereocenters. The standard InChI is InChI=1S/C20H14Cl2N2O/c21-14-6-3-5-13(11-14)19-23-18-10-2-1-9-17(18)20(25)24(19)16-8-4-7-15(22)12-16/h1-12,19,23H/t19-/m0/s1. The van der Waals surface area contributed by atoms with E-state index in [0.717, 1.165) is 16.9 Å². The second-order valence-electron chi connectivity index (χ2n) is 5.80. The van der Waals surface area contributed by atoms with Gasteiger partial charge in [-0.2, -0.15) is 0 Å². The number of amides is 1. The highest BCUT2D eigenvalue weighted by molar-refractivity contribution is 6.31. The number of anilines is 2. The maximum Gasteiger partial charge on any atom is 0.262 e. The molecule has 0 unspecified atom stereocenters. The summed E-state index contributed by atoms with van der Waals surface area (Å²) in [5, 5.41) is 4.64. The van der Waals surface area contributed by atoms with Crippen LogP contribution in [0.3, 0.4) is 0 Å². The van der Waals surface area contributed by atoms with E-state index >= 15 is 0 Å². The fourth-order valence-corrected chi connectivity index (χ4v) is 3.44. The van der Waals surface area contributed by atoms with E-state index in [1.807, 2.05) is 60.7 Å². The van der Waals surface area contributed by atoms with Gasteiger partial charge in [0.15, 0.2) is 0 Å². The zero-order chi connectivity index (χ0) is 17.4. The first-order valence-electron chi connectivity index (χ1n) is 7.83. The van der Waals surface area contributed by atoms with Crippen molar-refractivity contribution in [1.82, 2.24) is 0 Å². The molecule has 25 heavy (non-hydrogen) atoms. The van der Waals surface area contributed by atoms with Crippen molar-refractivity contribution in [2.45, 2.75) is 6.17 Å². The maximum atomic E-state index is 13.2. The lowest BCUT2D eigenvalue weighted by Crippen LogP contribution is -2.43. The molecule has 0 aliphatic carbocycles. The third-order valence-electron chi connectivity index (χ3n) is 4.18. The Balaban J connectivity index is 1.88. The van der Waals surface area contributed by atoms with E-state index in [4.69, 9.17) is 23.2 Å². The number of fused-ring (bicyclic) bond motifs is 1. The van der Waals surface area contributed by atoms with Gasteiger partial charge in [0.2, 0.25) is 0 Å². The molecule has 1 amide bonds. The van der Waals surface area contributed by atoms with Crippen molar-refractivity contribution in [2.24, 2.45) is 0 Å². The summed E-state index contributed by atoms with van der Waals surface area (Å²) in [5.41, 5.74) is 3.05. The van der Waals surface area contributed by atoms with Crippen LogP contribution in [0.2, 0.25) is 10.0 Å². The average Bonchev–Trinajstić information content (AvgIpc) is 2.61. The van der Waals surface area contributed by atoms with E-state index in [9.17, 15) is 4.79 Å². The van der Waals surface area contributed by atoms with Gasteiger partial charge in [-0.3, -0.25) is 9.69 Å². The Bertz CT molecular complexity index is 958. The Morgan fingerprint density at radius 3 is 2.32 bits per heavy atom. The summed E-state index contributed by atoms with van der Waals surface area (Å²) in [5.74, 6) is -0.0819. The van der Waals surface area contributed by atoms with Crippen LogP contribution in [-0.2, 0) is 0 Å². The third kappa shape index (κ3) is 2.97. The van der Waals surface area contributed by atoms with Crippen molar-refractivity contribution >= 4 is 40.5 Å². The Labute approximate surface area is 155 Å². The first-order chi connectivity index (χ1) is 12.1. The van der Waals surface area contributed by atoms with Crippen molar-refractivity contribution in [3.8, 4) is 0 Å². The van der Waals surface area contributed by atoms with E-state index in [0.29, 0.717) is 15.6 Å². The van der Waals surface area contributed by atoms with E-state index in [-0.39, 0.29) is 12.1 Å². The molecule has 1 heterocycles. The number of para-hydroxylation sites is 1. The van der Waals surface area contributed by atoms with Crippen molar-refractivity contribution in [2.75, 3.05) is 10.2 Å². The van der Waals surface area contributed by atoms with Crippen molar-refractivity contribution < 1.29 is 4.79 Å². The minimum absolute atomic E-state index is 0.0819. The van der Waals surface area contributed by atoms with Gasteiger partial charge in [0, 0.05) is 21.4 Å². The van der Waals surface area contributed by atoms with Gasteiger partial charge in [-0.05, 0) is 48.0 Å². The molecule has 0 radical (unpaired) electrons. The molecule has 4 rings (SSSR count). The molecule has 1 N–H and O–H groups in total. The molecular weight excluding hydrogens is 355 g/mol. The van der Waals surface area contributed by atoms with Gasteiger partial charge >= 0.3 is 0 Å². The first kappa shape index (κ1) is 16.0. The van der Waals surface area contributed by atoms with Crippen LogP contribution in [0, 0.1) is 0 Å². The fraction of sp³-hybridized carbons (Fsp3) is 0.0500. The van der Waals surface area contributed by atoms with Crippen LogP contribution in [0.1, 0.15) is 22.1 Å². The molecule has 0 fully saturated rings. The molecule has 5 heteroatoms. The molecule has 0 saturated heterocycles. The van der Waals surface area contributed by atoms with Crippen molar-refractivity contribution in [3.63, 3.8) is 0 Å². The molecule has 1 aliphatic heterocycles. The number of hydrogen-bond donors (Lipinski definition) is 1. The molecule has 0 bridgehead atoms. The molecule has 0 spiro atoms. The number of carbonyl (C=O) groups excluding carboxylic acids is 1. The van der Waals surface area contributed by atoms with Crippen LogP contribution in [0.5, 0.6) is 0 Å². The average molecular weight is 369 g/mol. The smallest absolute Gasteiger partial charge is 0.262 e. The second kappa shape index (κ2) is 6.43. The molecular formula is C20H14Cl2N2O. The number of carbonyl (C=O) groups is 1. The van der Waals surface area contributed by atoms with Crippen LogP contribution >= 0.6 is 23.2 Å². The predicted molar refractivity (Wildman–Crippen MR) is 103 cm³/mol. The Hall–Kier alpha value is -2.49. The second-order valence-corrected chi connectivity index (χ2v) is 6.68. The van der Waals surface area contributed by atoms with E-state index in [1.165, 1.54) is 0 Å². The van der Waals surface area contributed by atoms with Crippen LogP contribution in [0.25, 0.3) is 0 Å². The van der Waals surface area contributed by atoms with Gasteiger partial charge in [0.25, 0.3) is 5.91 Å². The van der Waals surface area contributed by atoms with Crippen LogP contribution in [0.4, 0.5) is 11.4 Å². The largest absolute Gasteiger partial charge is 0.360 e. The first-order valence-corrected chi connectivity index (χ1v) is 8.59. The predicted octanol–water partition coefficient (Wildman–Crippen LogP) is 5.76. The molecule has 3 aromatic rings. The lowest BCUT2D eigenvalue weighted by Gasteiger charge is -2.38. The normalized spacial score (nSPS) is 16.3. The maximum absolute atomic E-state index is 13.2. The van der Waals surface area contributed by atoms with E-state index in [1.54, 1.807) is 17.0 Å². The Kier molecular flexibility index (Phi) is 4.12. The number of rotatable bonds is 2. The van der Waals surface area contributed by atoms with Gasteiger partial charge < -0.3 is 5.32 Å². The zero-order valence-corrected chi connectivity index (χ0v) is 14.6. The lowest BCUT2D eigenvalue weighted by molar-refractivity contribution is 0.0975. The minimum atomic E-state index is -0.375. The highest BCUT2D eigenvalue weighted by Crippen LogP contribution is 2.37. The van der Waals surface area contributed by atoms with Crippen molar-refractivity contribution in [3.05, 3.63) is 94.0 Å². The number of nitrogens with one attached hydrogen (secondary N) is 1. The number of nitrogens with zero attached hydrogens (tertiary/aromatic N) is 1. The number of halogens is 2. The van der Waals surface area contributed by atoms with E-state index < -0.39 is 0 Å². The summed E-state index contributed by atoms with van der Waals surface area (Å²) in [6.45, 7) is 0. The molecule has 124 valence electrons. The van der Waals surface area contributed by atoms with Crippen molar-refractivity contribution in [1.29, 1.82) is 0 Å². The van der Waals surface area contributed by atoms with Gasteiger partial charge in [-0.1, -0.05) is 53.5 Å². The topological polar surface area (TPSA) is 32.3 Å². The summed E-state index contributed by atoms with van der Waals surface area (Å²) < 4.78 is 0. The quantitative estimate of drug-likeness (QED) is 0.623. The summed E-state index contributed by atoms with van der Waals surface area (Å²) in [7, 11) is 0. The number of hydrogen-bond acceptors (Lipinski definition) is 2. The highest BCUT2D eigenvalue weighted by atomic mass is 35.5. The fourth-order valence-electron chi connectivity index (χ4n) is 3.06. The van der Waals surface area contributed by atoms with Gasteiger partial charge in [-0.15, -0.1) is 0 Å². The Morgan fingerprint density at radius 1 is 0.840 bits per heavy atom. The molecule has 0 saturated carbocycles. The molecule has 0 aromatic heterocycles. The molecule has 3 nitrogen and oxygen atoms in total. The SMILES string of the molecule is O=C1c2ccccc2N[C@H](c2cccc(Cl)c2)N1c1cccc(Cl)c1. The minimum Gasteiger partial charge on any atom is -0.360 e. The number of benzene rings is 3. The van der Waals surface area contributed by atoms with Gasteiger partial charge in [0.05, 0.1) is 5.56 Å². The highest BCUT2D eigenvalue weighted by Gasteiger charge is 2.34. The molecule has 3 aromatic carbocycles. The van der Waals surface area contributed by atoms with Crippen LogP contribution < -0.4 is 10.2 Å². The lowest BCUT2D eigenvalue weighted by atomic mass is 10.0. The summed E-state index contributed by atoms with van der Waals surface area (Å²) >= 11 is 12.3. The van der Waals surface area contributed by atoms with Crippen LogP contribution in [0.15, 0.2) is 72.8 Å². The van der Waals surface area contributed by atoms with Crippen LogP contribution in [-0.4, -0.2) is 5.91 Å². The van der Waals surface area contributed by atoms with E-state index in [2.05, 4.69) is 5.32 Å². The zero-order valence-electron chi connectivity index (χ0n) is 13.1. The van der Waals surface area contributed by atoms with Gasteiger partial charge in [-0.25, -0.2) is 0 Å². The van der Waals surface area contributed by atoms with Gasteiger partial charge in [0.1, 0.15) is 6.17 Å². The Morgan fingerprint density at radius 2 is 1.56 bits per heavy atom. The summed E-state index contributed by atoms with van der Waals surface area (Å²) in [6, 6.07) is 22.3. The summed E-state index contributed by atoms with van der Waals surface area (Å²) in [4.78, 5) is 14.9. The summed E-state index contributed by atoms with van der Waals surface area (Å²) in [6.07, 6.45) is -0.375. The third-order valence-corrected chi connectivity index (χ3v) is 4.65. The molecule has 1 aliphatic rings.